The van der Waals surface area contributed by atoms with Gasteiger partial charge in [0.05, 0.1) is 11.0 Å². The molecule has 7 nitrogen and oxygen atoms in total. The molecule has 0 saturated carbocycles. The van der Waals surface area contributed by atoms with Gasteiger partial charge in [0, 0.05) is 13.0 Å². The van der Waals surface area contributed by atoms with Crippen molar-refractivity contribution < 1.29 is 28.2 Å². The van der Waals surface area contributed by atoms with Crippen LogP contribution in [0.25, 0.3) is 0 Å². The number of aliphatic hydroxyl groups excluding tert-OH is 2. The van der Waals surface area contributed by atoms with Crippen LogP contribution in [0.1, 0.15) is 26.3 Å². The molecule has 3 N–H and O–H groups in total. The minimum Gasteiger partial charge on any atom is -0.460 e. The van der Waals surface area contributed by atoms with Gasteiger partial charge in [0.25, 0.3) is 0 Å². The second-order valence-corrected chi connectivity index (χ2v) is 7.23. The maximum absolute atomic E-state index is 12.2. The minimum atomic E-state index is -3.83. The fraction of sp³-hybridized carbons (Fsp3) is 0.533. The van der Waals surface area contributed by atoms with E-state index in [2.05, 4.69) is 4.72 Å². The van der Waals surface area contributed by atoms with Gasteiger partial charge in [-0.2, -0.15) is 0 Å². The van der Waals surface area contributed by atoms with Crippen LogP contribution in [-0.4, -0.2) is 49.0 Å². The van der Waals surface area contributed by atoms with Gasteiger partial charge in [-0.25, -0.2) is 13.1 Å². The number of aliphatic hydroxyl groups is 2. The van der Waals surface area contributed by atoms with Crippen molar-refractivity contribution in [2.24, 2.45) is 0 Å². The first-order valence-electron chi connectivity index (χ1n) is 7.17. The van der Waals surface area contributed by atoms with Gasteiger partial charge in [0.1, 0.15) is 12.2 Å². The van der Waals surface area contributed by atoms with Gasteiger partial charge >= 0.3 is 5.97 Å². The number of nitrogens with one attached hydrogen (secondary N) is 1. The Morgan fingerprint density at radius 1 is 1.13 bits per heavy atom. The summed E-state index contributed by atoms with van der Waals surface area (Å²) in [5.74, 6) is -0.600. The summed E-state index contributed by atoms with van der Waals surface area (Å²) in [5.41, 5.74) is 0.919. The first kappa shape index (κ1) is 19.6. The molecule has 0 aromatic heterocycles. The molecule has 0 heterocycles. The molecule has 0 fully saturated rings. The average molecular weight is 345 g/mol. The largest absolute Gasteiger partial charge is 0.460 e. The normalized spacial score (nSPS) is 17.1. The molecule has 0 radical (unpaired) electrons. The van der Waals surface area contributed by atoms with Gasteiger partial charge in [0.2, 0.25) is 10.0 Å². The van der Waals surface area contributed by atoms with Crippen LogP contribution in [0, 0.1) is 6.92 Å². The molecule has 0 aliphatic heterocycles. The number of benzene rings is 1. The van der Waals surface area contributed by atoms with E-state index in [0.717, 1.165) is 5.56 Å². The zero-order valence-electron chi connectivity index (χ0n) is 13.6. The predicted molar refractivity (Wildman–Crippen MR) is 84.2 cm³/mol. The van der Waals surface area contributed by atoms with Gasteiger partial charge in [-0.15, -0.1) is 0 Å². The van der Waals surface area contributed by atoms with Crippen LogP contribution in [-0.2, 0) is 19.6 Å². The summed E-state index contributed by atoms with van der Waals surface area (Å²) >= 11 is 0. The molecule has 8 heteroatoms. The summed E-state index contributed by atoms with van der Waals surface area (Å²) in [6.07, 6.45) is -3.83. The van der Waals surface area contributed by atoms with Crippen molar-refractivity contribution in [2.75, 3.05) is 0 Å². The highest BCUT2D eigenvalue weighted by molar-refractivity contribution is 7.89. The van der Waals surface area contributed by atoms with E-state index in [9.17, 15) is 23.4 Å². The first-order chi connectivity index (χ1) is 10.5. The molecule has 0 spiro atoms. The zero-order valence-corrected chi connectivity index (χ0v) is 14.4. The van der Waals surface area contributed by atoms with E-state index in [0.29, 0.717) is 0 Å². The number of esters is 1. The summed E-state index contributed by atoms with van der Waals surface area (Å²) in [6.45, 7) is 5.85. The Kier molecular flexibility index (Phi) is 6.69. The smallest absolute Gasteiger partial charge is 0.302 e. The Labute approximate surface area is 136 Å². The molecule has 0 aliphatic carbocycles. The number of rotatable bonds is 7. The predicted octanol–water partition coefficient (Wildman–Crippen LogP) is 0.335. The number of sulfonamides is 1. The highest BCUT2D eigenvalue weighted by Crippen LogP contribution is 2.13. The van der Waals surface area contributed by atoms with Gasteiger partial charge in [-0.05, 0) is 32.9 Å². The van der Waals surface area contributed by atoms with Crippen molar-refractivity contribution in [1.82, 2.24) is 4.72 Å². The van der Waals surface area contributed by atoms with Crippen LogP contribution in [0.5, 0.6) is 0 Å². The first-order valence-corrected chi connectivity index (χ1v) is 8.65. The topological polar surface area (TPSA) is 113 Å². The molecule has 130 valence electrons. The van der Waals surface area contributed by atoms with E-state index in [4.69, 9.17) is 4.74 Å². The van der Waals surface area contributed by atoms with E-state index in [1.165, 1.54) is 32.9 Å². The number of carbonyl (C=O) groups excluding carboxylic acids is 1. The second-order valence-electron chi connectivity index (χ2n) is 5.52. The third-order valence-electron chi connectivity index (χ3n) is 3.37. The highest BCUT2D eigenvalue weighted by atomic mass is 32.2. The quantitative estimate of drug-likeness (QED) is 0.614. The van der Waals surface area contributed by atoms with Crippen LogP contribution in [0.3, 0.4) is 0 Å². The molecule has 23 heavy (non-hydrogen) atoms. The third kappa shape index (κ3) is 5.58. The lowest BCUT2D eigenvalue weighted by Crippen LogP contribution is -2.50. The van der Waals surface area contributed by atoms with Gasteiger partial charge in [-0.3, -0.25) is 4.79 Å². The number of ether oxygens (including phenoxy) is 1. The molecular formula is C15H23NO6S. The van der Waals surface area contributed by atoms with Crippen molar-refractivity contribution >= 4 is 16.0 Å². The summed E-state index contributed by atoms with van der Waals surface area (Å²) in [6, 6.07) is 5.25. The standard InChI is InChI=1S/C15H23NO6S/c1-9-5-7-13(8-6-9)23(20,21)16-10(2)14(18)15(19)11(3)22-12(4)17/h5-8,10-11,14-16,18-19H,1-4H3/t10-,11+,14+,15-/m0/s1. The number of hydrogen-bond acceptors (Lipinski definition) is 6. The van der Waals surface area contributed by atoms with Crippen LogP contribution < -0.4 is 4.72 Å². The molecule has 0 unspecified atom stereocenters. The number of aryl methyl sites for hydroxylation is 1. The number of hydrogen-bond donors (Lipinski definition) is 3. The van der Waals surface area contributed by atoms with Crippen LogP contribution in [0.15, 0.2) is 29.2 Å². The van der Waals surface area contributed by atoms with Crippen LogP contribution in [0.2, 0.25) is 0 Å². The highest BCUT2D eigenvalue weighted by Gasteiger charge is 2.31. The monoisotopic (exact) mass is 345 g/mol. The van der Waals surface area contributed by atoms with E-state index in [-0.39, 0.29) is 4.90 Å². The van der Waals surface area contributed by atoms with Crippen molar-refractivity contribution in [3.63, 3.8) is 0 Å². The molecule has 1 aromatic rings. The summed E-state index contributed by atoms with van der Waals surface area (Å²) in [5, 5.41) is 20.0. The van der Waals surface area contributed by atoms with E-state index < -0.39 is 40.3 Å². The van der Waals surface area contributed by atoms with E-state index in [1.807, 2.05) is 6.92 Å². The Morgan fingerprint density at radius 3 is 2.13 bits per heavy atom. The summed E-state index contributed by atoms with van der Waals surface area (Å²) in [4.78, 5) is 10.9. The maximum atomic E-state index is 12.2. The molecule has 0 saturated heterocycles. The van der Waals surface area contributed by atoms with Crippen molar-refractivity contribution in [1.29, 1.82) is 0 Å². The third-order valence-corrected chi connectivity index (χ3v) is 4.94. The maximum Gasteiger partial charge on any atom is 0.302 e. The van der Waals surface area contributed by atoms with Crippen molar-refractivity contribution in [3.05, 3.63) is 29.8 Å². The van der Waals surface area contributed by atoms with Crippen LogP contribution in [0.4, 0.5) is 0 Å². The lowest BCUT2D eigenvalue weighted by molar-refractivity contribution is -0.156. The lowest BCUT2D eigenvalue weighted by atomic mass is 10.0. The Morgan fingerprint density at radius 2 is 1.65 bits per heavy atom. The zero-order chi connectivity index (χ0) is 17.8. The van der Waals surface area contributed by atoms with E-state index >= 15 is 0 Å². The molecular weight excluding hydrogens is 322 g/mol. The average Bonchev–Trinajstić information content (AvgIpc) is 2.44. The van der Waals surface area contributed by atoms with Crippen molar-refractivity contribution in [2.45, 2.75) is 56.9 Å². The SMILES string of the molecule is CC(=O)O[C@H](C)[C@H](O)[C@H](O)[C@H](C)NS(=O)(=O)c1ccc(C)cc1. The second kappa shape index (κ2) is 7.87. The number of carbonyl (C=O) groups is 1. The van der Waals surface area contributed by atoms with Gasteiger partial charge in [0.15, 0.2) is 0 Å². The summed E-state index contributed by atoms with van der Waals surface area (Å²) < 4.78 is 31.6. The fourth-order valence-corrected chi connectivity index (χ4v) is 3.26. The Hall–Kier alpha value is -1.48. The molecule has 1 aromatic carbocycles. The van der Waals surface area contributed by atoms with Crippen LogP contribution >= 0.6 is 0 Å². The molecule has 1 rings (SSSR count). The lowest BCUT2D eigenvalue weighted by Gasteiger charge is -2.28. The Bertz CT molecular complexity index is 628. The van der Waals surface area contributed by atoms with Gasteiger partial charge in [-0.1, -0.05) is 17.7 Å². The fourth-order valence-electron chi connectivity index (χ4n) is 2.00. The molecule has 0 amide bonds. The van der Waals surface area contributed by atoms with Gasteiger partial charge < -0.3 is 14.9 Å². The molecule has 0 bridgehead atoms. The molecule has 0 aliphatic rings. The van der Waals surface area contributed by atoms with E-state index in [1.54, 1.807) is 12.1 Å². The molecule has 4 atom stereocenters. The van der Waals surface area contributed by atoms with Crippen molar-refractivity contribution in [3.8, 4) is 0 Å². The Balaban J connectivity index is 2.78. The minimum absolute atomic E-state index is 0.0599. The summed E-state index contributed by atoms with van der Waals surface area (Å²) in [7, 11) is -3.83.